The summed E-state index contributed by atoms with van der Waals surface area (Å²) in [7, 11) is 0. The fourth-order valence-electron chi connectivity index (χ4n) is 2.99. The van der Waals surface area contributed by atoms with Gasteiger partial charge >= 0.3 is 5.97 Å². The number of amides is 1. The zero-order valence-electron chi connectivity index (χ0n) is 17.2. The third-order valence-corrected chi connectivity index (χ3v) is 4.67. The van der Waals surface area contributed by atoms with Crippen LogP contribution in [0.25, 0.3) is 0 Å². The van der Waals surface area contributed by atoms with Gasteiger partial charge in [-0.25, -0.2) is 4.79 Å². The summed E-state index contributed by atoms with van der Waals surface area (Å²) >= 11 is 0. The molecule has 0 saturated carbocycles. The normalized spacial score (nSPS) is 11.4. The highest BCUT2D eigenvalue weighted by atomic mass is 16.5. The van der Waals surface area contributed by atoms with E-state index in [-0.39, 0.29) is 5.78 Å². The number of nitrogens with zero attached hydrogens (tertiary/aromatic N) is 1. The van der Waals surface area contributed by atoms with Crippen molar-refractivity contribution in [3.05, 3.63) is 65.7 Å². The Kier molecular flexibility index (Phi) is 8.40. The van der Waals surface area contributed by atoms with E-state index < -0.39 is 24.5 Å². The summed E-state index contributed by atoms with van der Waals surface area (Å²) < 4.78 is 5.10. The monoisotopic (exact) mass is 396 g/mol. The van der Waals surface area contributed by atoms with Gasteiger partial charge in [-0.3, -0.25) is 9.59 Å². The van der Waals surface area contributed by atoms with Gasteiger partial charge in [-0.2, -0.15) is 0 Å². The molecule has 6 heteroatoms. The number of anilines is 1. The van der Waals surface area contributed by atoms with Crippen molar-refractivity contribution in [1.29, 1.82) is 0 Å². The number of rotatable bonds is 10. The third kappa shape index (κ3) is 6.75. The summed E-state index contributed by atoms with van der Waals surface area (Å²) in [6, 6.07) is 15.8. The van der Waals surface area contributed by atoms with Crippen molar-refractivity contribution >= 4 is 23.3 Å². The SMILES string of the molecule is CCN(CC)c1ccc(C(=O)OCC(=O)N[C@H](Cc2ccccc2)C(C)=O)cc1. The van der Waals surface area contributed by atoms with Crippen molar-refractivity contribution in [3.8, 4) is 0 Å². The van der Waals surface area contributed by atoms with E-state index in [9.17, 15) is 14.4 Å². The summed E-state index contributed by atoms with van der Waals surface area (Å²) in [5, 5.41) is 2.64. The van der Waals surface area contributed by atoms with Crippen LogP contribution in [-0.4, -0.2) is 43.4 Å². The average molecular weight is 396 g/mol. The Hall–Kier alpha value is -3.15. The van der Waals surface area contributed by atoms with E-state index in [2.05, 4.69) is 24.1 Å². The standard InChI is InChI=1S/C23H28N2O4/c1-4-25(5-2)20-13-11-19(12-14-20)23(28)29-16-22(27)24-21(17(3)26)15-18-9-7-6-8-10-18/h6-14,21H,4-5,15-16H2,1-3H3,(H,24,27)/t21-/m1/s1. The number of carbonyl (C=O) groups excluding carboxylic acids is 3. The molecule has 0 unspecified atom stereocenters. The molecule has 0 aliphatic rings. The van der Waals surface area contributed by atoms with Crippen molar-refractivity contribution in [2.45, 2.75) is 33.2 Å². The van der Waals surface area contributed by atoms with Crippen LogP contribution in [0.1, 0.15) is 36.7 Å². The maximum absolute atomic E-state index is 12.2. The molecule has 2 aromatic carbocycles. The molecular weight excluding hydrogens is 368 g/mol. The minimum Gasteiger partial charge on any atom is -0.452 e. The van der Waals surface area contributed by atoms with Gasteiger partial charge in [0, 0.05) is 18.8 Å². The van der Waals surface area contributed by atoms with E-state index in [4.69, 9.17) is 4.74 Å². The van der Waals surface area contributed by atoms with Crippen LogP contribution in [0.2, 0.25) is 0 Å². The summed E-state index contributed by atoms with van der Waals surface area (Å²) in [5.74, 6) is -1.23. The van der Waals surface area contributed by atoms with Gasteiger partial charge in [0.1, 0.15) is 0 Å². The van der Waals surface area contributed by atoms with Crippen LogP contribution in [0.4, 0.5) is 5.69 Å². The lowest BCUT2D eigenvalue weighted by Gasteiger charge is -2.21. The first-order chi connectivity index (χ1) is 13.9. The van der Waals surface area contributed by atoms with E-state index in [1.165, 1.54) is 6.92 Å². The van der Waals surface area contributed by atoms with Crippen molar-refractivity contribution in [2.75, 3.05) is 24.6 Å². The number of Topliss-reactive ketones (excluding diaryl/α,β-unsaturated/α-hetero) is 1. The van der Waals surface area contributed by atoms with Crippen LogP contribution in [0.3, 0.4) is 0 Å². The largest absolute Gasteiger partial charge is 0.452 e. The molecule has 0 bridgehead atoms. The molecule has 0 aromatic heterocycles. The summed E-state index contributed by atoms with van der Waals surface area (Å²) in [6.45, 7) is 6.88. The van der Waals surface area contributed by atoms with E-state index in [1.807, 2.05) is 42.5 Å². The average Bonchev–Trinajstić information content (AvgIpc) is 2.73. The van der Waals surface area contributed by atoms with Crippen LogP contribution in [0.15, 0.2) is 54.6 Å². The van der Waals surface area contributed by atoms with Crippen molar-refractivity contribution in [1.82, 2.24) is 5.32 Å². The number of hydrogen-bond donors (Lipinski definition) is 1. The molecular formula is C23H28N2O4. The minimum absolute atomic E-state index is 0.152. The smallest absolute Gasteiger partial charge is 0.338 e. The molecule has 1 atom stereocenters. The van der Waals surface area contributed by atoms with Crippen LogP contribution in [0.5, 0.6) is 0 Å². The first-order valence-corrected chi connectivity index (χ1v) is 9.80. The fourth-order valence-corrected chi connectivity index (χ4v) is 2.99. The lowest BCUT2D eigenvalue weighted by Crippen LogP contribution is -2.43. The molecule has 6 nitrogen and oxygen atoms in total. The second-order valence-electron chi connectivity index (χ2n) is 6.72. The lowest BCUT2D eigenvalue weighted by molar-refractivity contribution is -0.128. The predicted octanol–water partition coefficient (Wildman–Crippen LogP) is 3.01. The highest BCUT2D eigenvalue weighted by molar-refractivity contribution is 5.93. The van der Waals surface area contributed by atoms with Gasteiger partial charge in [0.15, 0.2) is 12.4 Å². The van der Waals surface area contributed by atoms with E-state index in [1.54, 1.807) is 12.1 Å². The molecule has 0 spiro atoms. The molecule has 0 saturated heterocycles. The van der Waals surface area contributed by atoms with Gasteiger partial charge in [-0.05, 0) is 57.0 Å². The molecule has 29 heavy (non-hydrogen) atoms. The van der Waals surface area contributed by atoms with Gasteiger partial charge in [-0.1, -0.05) is 30.3 Å². The Balaban J connectivity index is 1.88. The number of ketones is 1. The predicted molar refractivity (Wildman–Crippen MR) is 113 cm³/mol. The van der Waals surface area contributed by atoms with E-state index in [0.717, 1.165) is 24.3 Å². The number of hydrogen-bond acceptors (Lipinski definition) is 5. The molecule has 0 fully saturated rings. The fraction of sp³-hybridized carbons (Fsp3) is 0.348. The molecule has 0 aliphatic carbocycles. The van der Waals surface area contributed by atoms with E-state index >= 15 is 0 Å². The Morgan fingerprint density at radius 3 is 2.14 bits per heavy atom. The quantitative estimate of drug-likeness (QED) is 0.625. The Labute approximate surface area is 171 Å². The first-order valence-electron chi connectivity index (χ1n) is 9.80. The number of benzene rings is 2. The third-order valence-electron chi connectivity index (χ3n) is 4.67. The van der Waals surface area contributed by atoms with Gasteiger partial charge < -0.3 is 15.0 Å². The maximum Gasteiger partial charge on any atom is 0.338 e. The van der Waals surface area contributed by atoms with Gasteiger partial charge in [0.25, 0.3) is 5.91 Å². The Bertz CT molecular complexity index is 815. The molecule has 2 rings (SSSR count). The van der Waals surface area contributed by atoms with Crippen LogP contribution < -0.4 is 10.2 Å². The summed E-state index contributed by atoms with van der Waals surface area (Å²) in [5.41, 5.74) is 2.34. The van der Waals surface area contributed by atoms with Crippen LogP contribution >= 0.6 is 0 Å². The van der Waals surface area contributed by atoms with Crippen molar-refractivity contribution in [3.63, 3.8) is 0 Å². The Morgan fingerprint density at radius 2 is 1.59 bits per heavy atom. The second kappa shape index (κ2) is 11.0. The summed E-state index contributed by atoms with van der Waals surface area (Å²) in [4.78, 5) is 38.4. The molecule has 1 N–H and O–H groups in total. The Morgan fingerprint density at radius 1 is 0.966 bits per heavy atom. The highest BCUT2D eigenvalue weighted by Crippen LogP contribution is 2.15. The van der Waals surface area contributed by atoms with Crippen molar-refractivity contribution in [2.24, 2.45) is 0 Å². The highest BCUT2D eigenvalue weighted by Gasteiger charge is 2.19. The molecule has 0 radical (unpaired) electrons. The van der Waals surface area contributed by atoms with Crippen LogP contribution in [-0.2, 0) is 20.7 Å². The topological polar surface area (TPSA) is 75.7 Å². The zero-order valence-corrected chi connectivity index (χ0v) is 17.2. The van der Waals surface area contributed by atoms with Crippen LogP contribution in [0, 0.1) is 0 Å². The molecule has 0 aliphatic heterocycles. The first kappa shape index (κ1) is 22.1. The lowest BCUT2D eigenvalue weighted by atomic mass is 10.0. The zero-order chi connectivity index (χ0) is 21.2. The molecule has 1 amide bonds. The van der Waals surface area contributed by atoms with E-state index in [0.29, 0.717) is 12.0 Å². The van der Waals surface area contributed by atoms with Crippen molar-refractivity contribution < 1.29 is 19.1 Å². The summed E-state index contributed by atoms with van der Waals surface area (Å²) in [6.07, 6.45) is 0.392. The number of nitrogens with one attached hydrogen (secondary N) is 1. The molecule has 2 aromatic rings. The second-order valence-corrected chi connectivity index (χ2v) is 6.72. The number of carbonyl (C=O) groups is 3. The van der Waals surface area contributed by atoms with Gasteiger partial charge in [-0.15, -0.1) is 0 Å². The molecule has 0 heterocycles. The number of ether oxygens (including phenoxy) is 1. The minimum atomic E-state index is -0.656. The van der Waals surface area contributed by atoms with Gasteiger partial charge in [0.2, 0.25) is 0 Å². The molecule has 154 valence electrons. The maximum atomic E-state index is 12.2. The van der Waals surface area contributed by atoms with Gasteiger partial charge in [0.05, 0.1) is 11.6 Å². The number of esters is 1.